The first kappa shape index (κ1) is 23.9. The number of fused-ring (bicyclic) bond motifs is 1. The molecular formula is C27H32N6OS. The molecule has 182 valence electrons. The predicted octanol–water partition coefficient (Wildman–Crippen LogP) is 3.95. The Kier molecular flexibility index (Phi) is 8.05. The van der Waals surface area contributed by atoms with E-state index in [4.69, 9.17) is 4.74 Å². The van der Waals surface area contributed by atoms with Gasteiger partial charge in [0.1, 0.15) is 11.4 Å². The van der Waals surface area contributed by atoms with Crippen LogP contribution in [0.5, 0.6) is 0 Å². The first-order valence-corrected chi connectivity index (χ1v) is 13.2. The lowest BCUT2D eigenvalue weighted by atomic mass is 9.96. The van der Waals surface area contributed by atoms with E-state index in [1.807, 2.05) is 6.07 Å². The number of aromatic nitrogens is 4. The topological polar surface area (TPSA) is 58.8 Å². The second kappa shape index (κ2) is 11.8. The van der Waals surface area contributed by atoms with E-state index in [0.29, 0.717) is 12.6 Å². The maximum Gasteiger partial charge on any atom is 0.176 e. The number of hydrogen-bond acceptors (Lipinski definition) is 7. The van der Waals surface area contributed by atoms with Crippen molar-refractivity contribution in [3.05, 3.63) is 89.7 Å². The molecule has 5 rings (SSSR count). The highest BCUT2D eigenvalue weighted by molar-refractivity contribution is 7.99. The van der Waals surface area contributed by atoms with Gasteiger partial charge in [-0.3, -0.25) is 9.80 Å². The Morgan fingerprint density at radius 2 is 1.60 bits per heavy atom. The number of ether oxygens (including phenoxy) is 1. The number of piperazine rings is 1. The van der Waals surface area contributed by atoms with Gasteiger partial charge in [-0.25, -0.2) is 4.98 Å². The molecule has 0 N–H and O–H groups in total. The summed E-state index contributed by atoms with van der Waals surface area (Å²) < 4.78 is 7.52. The minimum absolute atomic E-state index is 0.307. The summed E-state index contributed by atoms with van der Waals surface area (Å²) in [5.74, 6) is 0.873. The zero-order valence-electron chi connectivity index (χ0n) is 20.2. The summed E-state index contributed by atoms with van der Waals surface area (Å²) >= 11 is 1.71. The number of thioether (sulfide) groups is 1. The predicted molar refractivity (Wildman–Crippen MR) is 140 cm³/mol. The van der Waals surface area contributed by atoms with Crippen LogP contribution in [-0.4, -0.2) is 81.3 Å². The van der Waals surface area contributed by atoms with Crippen molar-refractivity contribution in [3.8, 4) is 0 Å². The summed E-state index contributed by atoms with van der Waals surface area (Å²) in [6.45, 7) is 8.75. The second-order valence-corrected chi connectivity index (χ2v) is 9.89. The molecule has 1 fully saturated rings. The van der Waals surface area contributed by atoms with E-state index in [1.54, 1.807) is 16.4 Å². The molecule has 7 nitrogen and oxygen atoms in total. The standard InChI is InChI=1S/C27H32N6OS/c1-22-20-25-28-21-29-33(25)30-27(22)35-19-18-34-17-16-31-12-14-32(15-13-31)26(23-8-4-2-5-9-23)24-10-6-3-7-11-24/h2-11,20-21,26H,12-19H2,1H3. The van der Waals surface area contributed by atoms with E-state index in [0.717, 1.165) is 61.3 Å². The summed E-state index contributed by atoms with van der Waals surface area (Å²) in [6, 6.07) is 24.1. The lowest BCUT2D eigenvalue weighted by Gasteiger charge is -2.39. The molecule has 4 aromatic rings. The van der Waals surface area contributed by atoms with Crippen molar-refractivity contribution in [3.63, 3.8) is 0 Å². The van der Waals surface area contributed by atoms with Crippen molar-refractivity contribution in [2.24, 2.45) is 0 Å². The Morgan fingerprint density at radius 1 is 0.914 bits per heavy atom. The lowest BCUT2D eigenvalue weighted by Crippen LogP contribution is -2.48. The molecule has 0 saturated carbocycles. The van der Waals surface area contributed by atoms with Crippen LogP contribution >= 0.6 is 11.8 Å². The molecule has 0 amide bonds. The summed E-state index contributed by atoms with van der Waals surface area (Å²) in [4.78, 5) is 9.30. The second-order valence-electron chi connectivity index (χ2n) is 8.80. The molecule has 1 saturated heterocycles. The highest BCUT2D eigenvalue weighted by Crippen LogP contribution is 2.29. The van der Waals surface area contributed by atoms with Gasteiger partial charge in [0.05, 0.1) is 19.3 Å². The first-order chi connectivity index (χ1) is 17.3. The Hall–Kier alpha value is -2.78. The summed E-state index contributed by atoms with van der Waals surface area (Å²) in [6.07, 6.45) is 1.53. The summed E-state index contributed by atoms with van der Waals surface area (Å²) in [5.41, 5.74) is 4.63. The van der Waals surface area contributed by atoms with Gasteiger partial charge >= 0.3 is 0 Å². The number of nitrogens with zero attached hydrogens (tertiary/aromatic N) is 6. The first-order valence-electron chi connectivity index (χ1n) is 12.2. The van der Waals surface area contributed by atoms with Crippen LogP contribution in [0.25, 0.3) is 5.65 Å². The van der Waals surface area contributed by atoms with Crippen LogP contribution in [0.4, 0.5) is 0 Å². The fraction of sp³-hybridized carbons (Fsp3) is 0.370. The van der Waals surface area contributed by atoms with Crippen molar-refractivity contribution in [1.29, 1.82) is 0 Å². The van der Waals surface area contributed by atoms with E-state index in [1.165, 1.54) is 17.5 Å². The van der Waals surface area contributed by atoms with E-state index in [-0.39, 0.29) is 0 Å². The normalized spacial score (nSPS) is 15.3. The molecule has 1 aliphatic rings. The highest BCUT2D eigenvalue weighted by atomic mass is 32.2. The minimum atomic E-state index is 0.307. The van der Waals surface area contributed by atoms with Gasteiger partial charge in [-0.05, 0) is 29.7 Å². The van der Waals surface area contributed by atoms with Crippen molar-refractivity contribution in [1.82, 2.24) is 29.6 Å². The van der Waals surface area contributed by atoms with E-state index >= 15 is 0 Å². The maximum absolute atomic E-state index is 5.94. The average Bonchev–Trinajstić information content (AvgIpc) is 3.35. The third-order valence-corrected chi connectivity index (χ3v) is 7.49. The highest BCUT2D eigenvalue weighted by Gasteiger charge is 2.26. The molecule has 2 aromatic heterocycles. The zero-order chi connectivity index (χ0) is 23.9. The fourth-order valence-corrected chi connectivity index (χ4v) is 5.42. The van der Waals surface area contributed by atoms with Crippen LogP contribution in [-0.2, 0) is 4.74 Å². The molecule has 8 heteroatoms. The third kappa shape index (κ3) is 6.08. The molecule has 0 bridgehead atoms. The zero-order valence-corrected chi connectivity index (χ0v) is 21.0. The number of rotatable bonds is 10. The van der Waals surface area contributed by atoms with Crippen LogP contribution in [0.2, 0.25) is 0 Å². The number of hydrogen-bond donors (Lipinski definition) is 0. The van der Waals surface area contributed by atoms with Gasteiger partial charge in [-0.1, -0.05) is 60.7 Å². The number of aryl methyl sites for hydroxylation is 1. The van der Waals surface area contributed by atoms with Crippen LogP contribution in [0.3, 0.4) is 0 Å². The molecule has 2 aromatic carbocycles. The summed E-state index contributed by atoms with van der Waals surface area (Å²) in [5, 5.41) is 9.63. The maximum atomic E-state index is 5.94. The Labute approximate surface area is 211 Å². The van der Waals surface area contributed by atoms with Gasteiger partial charge in [0.2, 0.25) is 0 Å². The third-order valence-electron chi connectivity index (χ3n) is 6.45. The van der Waals surface area contributed by atoms with Crippen LogP contribution in [0, 0.1) is 6.92 Å². The quantitative estimate of drug-likeness (QED) is 0.247. The molecule has 0 atom stereocenters. The molecule has 35 heavy (non-hydrogen) atoms. The van der Waals surface area contributed by atoms with Gasteiger partial charge < -0.3 is 4.74 Å². The molecule has 0 radical (unpaired) electrons. The van der Waals surface area contributed by atoms with Gasteiger partial charge in [-0.15, -0.1) is 26.6 Å². The van der Waals surface area contributed by atoms with Gasteiger partial charge in [-0.2, -0.15) is 0 Å². The largest absolute Gasteiger partial charge is 0.379 e. The Morgan fingerprint density at radius 3 is 2.29 bits per heavy atom. The monoisotopic (exact) mass is 488 g/mol. The van der Waals surface area contributed by atoms with Crippen molar-refractivity contribution in [2.75, 3.05) is 51.7 Å². The molecule has 0 aliphatic carbocycles. The summed E-state index contributed by atoms with van der Waals surface area (Å²) in [7, 11) is 0. The molecule has 0 unspecified atom stereocenters. The van der Waals surface area contributed by atoms with Crippen LogP contribution in [0.1, 0.15) is 22.7 Å². The smallest absolute Gasteiger partial charge is 0.176 e. The Bertz CT molecular complexity index is 1150. The van der Waals surface area contributed by atoms with Crippen molar-refractivity contribution in [2.45, 2.75) is 18.0 Å². The molecular weight excluding hydrogens is 456 g/mol. The fourth-order valence-electron chi connectivity index (χ4n) is 4.60. The average molecular weight is 489 g/mol. The molecule has 0 spiro atoms. The van der Waals surface area contributed by atoms with Crippen LogP contribution < -0.4 is 0 Å². The van der Waals surface area contributed by atoms with Crippen molar-refractivity contribution >= 4 is 17.4 Å². The van der Waals surface area contributed by atoms with Gasteiger partial charge in [0.15, 0.2) is 5.65 Å². The molecule has 3 heterocycles. The van der Waals surface area contributed by atoms with Gasteiger partial charge in [0, 0.05) is 38.5 Å². The molecule has 1 aliphatic heterocycles. The van der Waals surface area contributed by atoms with Crippen molar-refractivity contribution < 1.29 is 4.74 Å². The lowest BCUT2D eigenvalue weighted by molar-refractivity contribution is 0.0717. The van der Waals surface area contributed by atoms with E-state index in [2.05, 4.69) is 92.6 Å². The van der Waals surface area contributed by atoms with Crippen LogP contribution in [0.15, 0.2) is 78.1 Å². The van der Waals surface area contributed by atoms with Gasteiger partial charge in [0.25, 0.3) is 0 Å². The van der Waals surface area contributed by atoms with E-state index in [9.17, 15) is 0 Å². The SMILES string of the molecule is Cc1cc2ncnn2nc1SCCOCCN1CCN(C(c2ccccc2)c2ccccc2)CC1. The Balaban J connectivity index is 1.05. The minimum Gasteiger partial charge on any atom is -0.379 e. The number of benzene rings is 2. The van der Waals surface area contributed by atoms with E-state index < -0.39 is 0 Å².